The Hall–Kier alpha value is -0.610. The van der Waals surface area contributed by atoms with Crippen LogP contribution in [0.4, 0.5) is 0 Å². The molecule has 1 atom stereocenters. The van der Waals surface area contributed by atoms with Gasteiger partial charge < -0.3 is 16.6 Å². The van der Waals surface area contributed by atoms with E-state index in [4.69, 9.17) is 21.4 Å². The second-order valence-electron chi connectivity index (χ2n) is 6.90. The lowest BCUT2D eigenvalue weighted by molar-refractivity contribution is -0.134. The Morgan fingerprint density at radius 1 is 0.792 bits per heavy atom. The standard InChI is InChI=1S/C18H40N2.C2H4O2/c1-2-3-4-5-6-7-8-9-10-11-12-13-14-15-16-18(20)17-19;1-2(3)4/h18H,2-17,19-20H2,1H3;1H3,(H,3,4). The molecule has 0 aromatic carbocycles. The van der Waals surface area contributed by atoms with Crippen molar-refractivity contribution in [2.24, 2.45) is 11.5 Å². The van der Waals surface area contributed by atoms with E-state index in [2.05, 4.69) is 6.92 Å². The first kappa shape index (κ1) is 25.6. The zero-order chi connectivity index (χ0) is 18.5. The lowest BCUT2D eigenvalue weighted by atomic mass is 10.0. The fourth-order valence-corrected chi connectivity index (χ4v) is 2.72. The van der Waals surface area contributed by atoms with Gasteiger partial charge in [0.05, 0.1) is 0 Å². The molecular formula is C20H44N2O2. The van der Waals surface area contributed by atoms with E-state index in [1.54, 1.807) is 0 Å². The number of carboxylic acid groups (broad SMARTS) is 1. The van der Waals surface area contributed by atoms with Crippen LogP contribution >= 0.6 is 0 Å². The SMILES string of the molecule is CC(=O)O.CCCCCCCCCCCCCCCCC(N)CN. The van der Waals surface area contributed by atoms with Crippen molar-refractivity contribution in [1.82, 2.24) is 0 Å². The van der Waals surface area contributed by atoms with E-state index in [-0.39, 0.29) is 6.04 Å². The summed E-state index contributed by atoms with van der Waals surface area (Å²) in [6.45, 7) is 4.00. The molecule has 0 amide bonds. The molecule has 0 spiro atoms. The third kappa shape index (κ3) is 29.4. The minimum Gasteiger partial charge on any atom is -0.481 e. The Morgan fingerprint density at radius 3 is 1.38 bits per heavy atom. The predicted octanol–water partition coefficient (Wildman–Crippen LogP) is 5.23. The zero-order valence-electron chi connectivity index (χ0n) is 16.4. The number of rotatable bonds is 16. The molecule has 0 radical (unpaired) electrons. The molecule has 24 heavy (non-hydrogen) atoms. The molecule has 0 heterocycles. The van der Waals surface area contributed by atoms with Gasteiger partial charge in [-0.05, 0) is 6.42 Å². The maximum atomic E-state index is 9.00. The lowest BCUT2D eigenvalue weighted by Crippen LogP contribution is -2.29. The molecule has 0 aromatic rings. The van der Waals surface area contributed by atoms with Crippen molar-refractivity contribution in [2.45, 2.75) is 116 Å². The summed E-state index contributed by atoms with van der Waals surface area (Å²) in [5, 5.41) is 7.42. The number of hydrogen-bond acceptors (Lipinski definition) is 3. The van der Waals surface area contributed by atoms with Gasteiger partial charge in [-0.1, -0.05) is 96.8 Å². The van der Waals surface area contributed by atoms with Crippen LogP contribution in [0.5, 0.6) is 0 Å². The average Bonchev–Trinajstić information content (AvgIpc) is 2.54. The van der Waals surface area contributed by atoms with Crippen molar-refractivity contribution in [1.29, 1.82) is 0 Å². The van der Waals surface area contributed by atoms with Crippen molar-refractivity contribution in [2.75, 3.05) is 6.54 Å². The third-order valence-electron chi connectivity index (χ3n) is 4.23. The molecule has 0 fully saturated rings. The van der Waals surface area contributed by atoms with Gasteiger partial charge in [0.15, 0.2) is 0 Å². The van der Waals surface area contributed by atoms with Gasteiger partial charge in [0, 0.05) is 19.5 Å². The Bertz CT molecular complexity index is 244. The first-order valence-corrected chi connectivity index (χ1v) is 10.2. The summed E-state index contributed by atoms with van der Waals surface area (Å²) in [6, 6.07) is 0.229. The molecule has 0 saturated carbocycles. The van der Waals surface area contributed by atoms with Crippen LogP contribution < -0.4 is 11.5 Å². The summed E-state index contributed by atoms with van der Waals surface area (Å²) in [6.07, 6.45) is 20.9. The summed E-state index contributed by atoms with van der Waals surface area (Å²) in [5.74, 6) is -0.833. The second-order valence-corrected chi connectivity index (χ2v) is 6.90. The molecule has 0 aliphatic heterocycles. The number of unbranched alkanes of at least 4 members (excludes halogenated alkanes) is 13. The van der Waals surface area contributed by atoms with Gasteiger partial charge in [-0.3, -0.25) is 4.79 Å². The van der Waals surface area contributed by atoms with Crippen LogP contribution in [0.15, 0.2) is 0 Å². The van der Waals surface area contributed by atoms with Crippen LogP contribution in [0.2, 0.25) is 0 Å². The topological polar surface area (TPSA) is 89.3 Å². The van der Waals surface area contributed by atoms with E-state index in [0.29, 0.717) is 6.54 Å². The molecule has 5 N–H and O–H groups in total. The molecule has 0 rings (SSSR count). The van der Waals surface area contributed by atoms with Crippen LogP contribution in [0.3, 0.4) is 0 Å². The molecule has 0 aliphatic carbocycles. The first-order valence-electron chi connectivity index (χ1n) is 10.2. The highest BCUT2D eigenvalue weighted by Gasteiger charge is 1.98. The molecule has 0 aromatic heterocycles. The molecule has 0 aliphatic rings. The van der Waals surface area contributed by atoms with Crippen LogP contribution in [-0.4, -0.2) is 23.7 Å². The normalized spacial score (nSPS) is 11.7. The highest BCUT2D eigenvalue weighted by molar-refractivity contribution is 5.62. The maximum absolute atomic E-state index is 9.00. The van der Waals surface area contributed by atoms with Crippen molar-refractivity contribution >= 4 is 5.97 Å². The van der Waals surface area contributed by atoms with E-state index in [0.717, 1.165) is 13.3 Å². The van der Waals surface area contributed by atoms with Crippen molar-refractivity contribution in [3.8, 4) is 0 Å². The number of nitrogens with two attached hydrogens (primary N) is 2. The van der Waals surface area contributed by atoms with Gasteiger partial charge in [0.25, 0.3) is 5.97 Å². The monoisotopic (exact) mass is 344 g/mol. The Labute approximate surface area is 150 Å². The van der Waals surface area contributed by atoms with E-state index < -0.39 is 5.97 Å². The van der Waals surface area contributed by atoms with Crippen LogP contribution in [-0.2, 0) is 4.79 Å². The minimum absolute atomic E-state index is 0.229. The Kier molecular flexibility index (Phi) is 23.9. The molecule has 146 valence electrons. The summed E-state index contributed by atoms with van der Waals surface area (Å²) in [5.41, 5.74) is 11.3. The van der Waals surface area contributed by atoms with Crippen LogP contribution in [0.1, 0.15) is 110 Å². The van der Waals surface area contributed by atoms with Gasteiger partial charge in [-0.15, -0.1) is 0 Å². The number of carbonyl (C=O) groups is 1. The van der Waals surface area contributed by atoms with E-state index >= 15 is 0 Å². The second kappa shape index (κ2) is 22.4. The fourth-order valence-electron chi connectivity index (χ4n) is 2.72. The van der Waals surface area contributed by atoms with E-state index in [1.807, 2.05) is 0 Å². The van der Waals surface area contributed by atoms with Gasteiger partial charge in [-0.25, -0.2) is 0 Å². The smallest absolute Gasteiger partial charge is 0.300 e. The third-order valence-corrected chi connectivity index (χ3v) is 4.23. The van der Waals surface area contributed by atoms with Crippen LogP contribution in [0.25, 0.3) is 0 Å². The molecule has 0 saturated heterocycles. The highest BCUT2D eigenvalue weighted by atomic mass is 16.4. The number of aliphatic carboxylic acids is 1. The predicted molar refractivity (Wildman–Crippen MR) is 105 cm³/mol. The quantitative estimate of drug-likeness (QED) is 0.334. The Morgan fingerprint density at radius 2 is 1.08 bits per heavy atom. The van der Waals surface area contributed by atoms with Gasteiger partial charge in [-0.2, -0.15) is 0 Å². The summed E-state index contributed by atoms with van der Waals surface area (Å²) in [7, 11) is 0. The summed E-state index contributed by atoms with van der Waals surface area (Å²) >= 11 is 0. The highest BCUT2D eigenvalue weighted by Crippen LogP contribution is 2.13. The van der Waals surface area contributed by atoms with Crippen LogP contribution in [0, 0.1) is 0 Å². The van der Waals surface area contributed by atoms with Crippen molar-refractivity contribution in [3.63, 3.8) is 0 Å². The molecule has 1 unspecified atom stereocenters. The molecule has 4 heteroatoms. The fraction of sp³-hybridized carbons (Fsp3) is 0.950. The van der Waals surface area contributed by atoms with E-state index in [9.17, 15) is 0 Å². The minimum atomic E-state index is -0.833. The number of carboxylic acids is 1. The van der Waals surface area contributed by atoms with E-state index in [1.165, 1.54) is 89.9 Å². The summed E-state index contributed by atoms with van der Waals surface area (Å²) in [4.78, 5) is 9.00. The zero-order valence-corrected chi connectivity index (χ0v) is 16.4. The average molecular weight is 345 g/mol. The first-order chi connectivity index (χ1) is 11.5. The lowest BCUT2D eigenvalue weighted by Gasteiger charge is -2.07. The Balaban J connectivity index is 0. The van der Waals surface area contributed by atoms with Gasteiger partial charge in [0.2, 0.25) is 0 Å². The molecule has 4 nitrogen and oxygen atoms in total. The molecular weight excluding hydrogens is 300 g/mol. The van der Waals surface area contributed by atoms with Gasteiger partial charge >= 0.3 is 0 Å². The molecule has 0 bridgehead atoms. The number of hydrogen-bond donors (Lipinski definition) is 3. The van der Waals surface area contributed by atoms with Gasteiger partial charge in [0.1, 0.15) is 0 Å². The van der Waals surface area contributed by atoms with Crippen molar-refractivity contribution < 1.29 is 9.90 Å². The van der Waals surface area contributed by atoms with Crippen molar-refractivity contribution in [3.05, 3.63) is 0 Å². The summed E-state index contributed by atoms with van der Waals surface area (Å²) < 4.78 is 0. The maximum Gasteiger partial charge on any atom is 0.300 e. The largest absolute Gasteiger partial charge is 0.481 e.